The number of benzene rings is 1. The average molecular weight is 438 g/mol. The summed E-state index contributed by atoms with van der Waals surface area (Å²) in [4.78, 5) is 16.9. The van der Waals surface area contributed by atoms with Gasteiger partial charge in [0.25, 0.3) is 5.91 Å². The first-order valence-corrected chi connectivity index (χ1v) is 9.99. The van der Waals surface area contributed by atoms with Gasteiger partial charge in [-0.3, -0.25) is 4.79 Å². The summed E-state index contributed by atoms with van der Waals surface area (Å²) >= 11 is 0. The van der Waals surface area contributed by atoms with Crippen LogP contribution in [0.4, 0.5) is 21.6 Å². The number of imidazole rings is 1. The smallest absolute Gasteiger partial charge is 0.271 e. The lowest BCUT2D eigenvalue weighted by Crippen LogP contribution is -2.28. The number of aromatic nitrogens is 3. The normalized spacial score (nSPS) is 16.8. The topological polar surface area (TPSA) is 102 Å². The van der Waals surface area contributed by atoms with Crippen LogP contribution >= 0.6 is 0 Å². The third-order valence-corrected chi connectivity index (χ3v) is 4.92. The van der Waals surface area contributed by atoms with Crippen molar-refractivity contribution in [3.8, 4) is 17.6 Å². The van der Waals surface area contributed by atoms with Crippen LogP contribution in [-0.2, 0) is 4.74 Å². The zero-order chi connectivity index (χ0) is 22.7. The number of nitrogens with one attached hydrogen (secondary N) is 3. The van der Waals surface area contributed by atoms with Crippen molar-refractivity contribution >= 4 is 28.7 Å². The van der Waals surface area contributed by atoms with E-state index in [-0.39, 0.29) is 5.69 Å². The van der Waals surface area contributed by atoms with Gasteiger partial charge >= 0.3 is 0 Å². The van der Waals surface area contributed by atoms with E-state index in [1.807, 2.05) is 18.2 Å². The largest absolute Gasteiger partial charge is 0.493 e. The Morgan fingerprint density at radius 2 is 2.16 bits per heavy atom. The molecule has 1 aliphatic rings. The summed E-state index contributed by atoms with van der Waals surface area (Å²) in [6.45, 7) is 0.306. The van der Waals surface area contributed by atoms with Crippen molar-refractivity contribution in [3.05, 3.63) is 41.7 Å². The Labute approximate surface area is 184 Å². The summed E-state index contributed by atoms with van der Waals surface area (Å²) in [5, 5.41) is 13.5. The van der Waals surface area contributed by atoms with Crippen LogP contribution in [0.1, 0.15) is 22.5 Å². The molecule has 1 fully saturated rings. The van der Waals surface area contributed by atoms with E-state index in [0.717, 1.165) is 0 Å². The minimum Gasteiger partial charge on any atom is -0.493 e. The molecule has 10 heteroatoms. The number of halogens is 1. The molecule has 2 aromatic heterocycles. The second-order valence-corrected chi connectivity index (χ2v) is 7.15. The van der Waals surface area contributed by atoms with Crippen molar-refractivity contribution in [2.24, 2.45) is 0 Å². The Kier molecular flexibility index (Phi) is 6.09. The molecule has 166 valence electrons. The summed E-state index contributed by atoms with van der Waals surface area (Å²) < 4.78 is 25.2. The van der Waals surface area contributed by atoms with E-state index in [2.05, 4.69) is 37.9 Å². The van der Waals surface area contributed by atoms with Crippen LogP contribution in [-0.4, -0.2) is 60.6 Å². The molecule has 0 bridgehead atoms. The number of amides is 1. The van der Waals surface area contributed by atoms with Gasteiger partial charge in [0.15, 0.2) is 22.9 Å². The number of fused-ring (bicyclic) bond motifs is 1. The minimum absolute atomic E-state index is 0.213. The number of alkyl halides is 1. The lowest BCUT2D eigenvalue weighted by molar-refractivity contribution is 0.0940. The first-order valence-electron chi connectivity index (χ1n) is 9.99. The molecule has 0 spiro atoms. The molecule has 2 atom stereocenters. The molecule has 0 aliphatic heterocycles. The molecule has 32 heavy (non-hydrogen) atoms. The van der Waals surface area contributed by atoms with E-state index < -0.39 is 18.1 Å². The molecular weight excluding hydrogens is 415 g/mol. The van der Waals surface area contributed by atoms with Gasteiger partial charge in [-0.05, 0) is 12.1 Å². The monoisotopic (exact) mass is 438 g/mol. The van der Waals surface area contributed by atoms with Gasteiger partial charge in [-0.25, -0.2) is 13.9 Å². The van der Waals surface area contributed by atoms with Gasteiger partial charge in [0.1, 0.15) is 12.8 Å². The van der Waals surface area contributed by atoms with Gasteiger partial charge < -0.3 is 25.4 Å². The van der Waals surface area contributed by atoms with E-state index in [9.17, 15) is 9.18 Å². The number of para-hydroxylation sites is 1. The number of carbonyl (C=O) groups excluding carboxylic acids is 1. The van der Waals surface area contributed by atoms with Crippen LogP contribution in [0.25, 0.3) is 5.65 Å². The molecule has 1 aromatic carbocycles. The number of methoxy groups -OCH3 is 2. The molecule has 0 saturated heterocycles. The molecule has 3 N–H and O–H groups in total. The lowest BCUT2D eigenvalue weighted by atomic mass is 10.1. The zero-order valence-electron chi connectivity index (χ0n) is 17.9. The maximum Gasteiger partial charge on any atom is 0.271 e. The van der Waals surface area contributed by atoms with Crippen molar-refractivity contribution in [3.63, 3.8) is 0 Å². The van der Waals surface area contributed by atoms with Crippen LogP contribution in [0.15, 0.2) is 30.5 Å². The minimum atomic E-state index is -0.997. The molecule has 9 nitrogen and oxygen atoms in total. The summed E-state index contributed by atoms with van der Waals surface area (Å²) in [7, 11) is 4.89. The highest BCUT2D eigenvalue weighted by Crippen LogP contribution is 2.32. The fraction of sp³-hybridized carbons (Fsp3) is 0.318. The summed E-state index contributed by atoms with van der Waals surface area (Å²) in [5.41, 5.74) is 2.69. The second kappa shape index (κ2) is 9.11. The van der Waals surface area contributed by atoms with Crippen LogP contribution in [0.5, 0.6) is 5.75 Å². The first-order chi connectivity index (χ1) is 15.5. The maximum absolute atomic E-state index is 13.2. The SMILES string of the molecule is CNc1cc(Nc2cccc(C#CCOC)c2OC)nn2c(C(=O)NC3CC3F)cnc12. The van der Waals surface area contributed by atoms with E-state index in [1.54, 1.807) is 27.3 Å². The highest BCUT2D eigenvalue weighted by Gasteiger charge is 2.39. The van der Waals surface area contributed by atoms with E-state index >= 15 is 0 Å². The van der Waals surface area contributed by atoms with E-state index in [1.165, 1.54) is 10.7 Å². The standard InChI is InChI=1S/C22H23FN6O3/c1-24-17-11-19(26-15-8-4-6-13(20(15)32-3)7-5-9-31-2)28-29-18(12-25-21(17)29)22(30)27-16-10-14(16)23/h4,6,8,11-12,14,16,24H,9-10H2,1-3H3,(H,26,28)(H,27,30). The van der Waals surface area contributed by atoms with Gasteiger partial charge in [0.2, 0.25) is 0 Å². The Hall–Kier alpha value is -3.84. The molecule has 3 aromatic rings. The number of ether oxygens (including phenoxy) is 2. The van der Waals surface area contributed by atoms with Gasteiger partial charge in [0.05, 0.1) is 36.3 Å². The summed E-state index contributed by atoms with van der Waals surface area (Å²) in [5.74, 6) is 6.50. The summed E-state index contributed by atoms with van der Waals surface area (Å²) in [6.07, 6.45) is 0.751. The second-order valence-electron chi connectivity index (χ2n) is 7.15. The average Bonchev–Trinajstić information content (AvgIpc) is 3.30. The predicted molar refractivity (Wildman–Crippen MR) is 118 cm³/mol. The van der Waals surface area contributed by atoms with Crippen LogP contribution < -0.4 is 20.7 Å². The Morgan fingerprint density at radius 3 is 2.84 bits per heavy atom. The number of carbonyl (C=O) groups is 1. The van der Waals surface area contributed by atoms with Crippen molar-refractivity contribution in [2.45, 2.75) is 18.6 Å². The van der Waals surface area contributed by atoms with E-state index in [0.29, 0.717) is 47.2 Å². The van der Waals surface area contributed by atoms with Crippen LogP contribution in [0, 0.1) is 11.8 Å². The molecule has 0 radical (unpaired) electrons. The molecule has 1 amide bonds. The number of nitrogens with zero attached hydrogens (tertiary/aromatic N) is 3. The maximum atomic E-state index is 13.2. The fourth-order valence-corrected chi connectivity index (χ4v) is 3.22. The van der Waals surface area contributed by atoms with Crippen LogP contribution in [0.3, 0.4) is 0 Å². The molecule has 1 aliphatic carbocycles. The Bertz CT molecular complexity index is 1220. The fourth-order valence-electron chi connectivity index (χ4n) is 3.22. The third-order valence-electron chi connectivity index (χ3n) is 4.92. The van der Waals surface area contributed by atoms with Crippen molar-refractivity contribution in [1.29, 1.82) is 0 Å². The molecule has 2 heterocycles. The molecule has 4 rings (SSSR count). The van der Waals surface area contributed by atoms with Gasteiger partial charge in [0, 0.05) is 26.6 Å². The van der Waals surface area contributed by atoms with Gasteiger partial charge in [-0.1, -0.05) is 17.9 Å². The van der Waals surface area contributed by atoms with Crippen molar-refractivity contribution in [1.82, 2.24) is 19.9 Å². The van der Waals surface area contributed by atoms with Gasteiger partial charge in [-0.15, -0.1) is 5.10 Å². The number of rotatable bonds is 7. The number of anilines is 3. The van der Waals surface area contributed by atoms with Crippen LogP contribution in [0.2, 0.25) is 0 Å². The quantitative estimate of drug-likeness (QED) is 0.487. The Morgan fingerprint density at radius 1 is 1.34 bits per heavy atom. The highest BCUT2D eigenvalue weighted by molar-refractivity contribution is 5.94. The first kappa shape index (κ1) is 21.4. The molecule has 1 saturated carbocycles. The van der Waals surface area contributed by atoms with Gasteiger partial charge in [-0.2, -0.15) is 0 Å². The molecule has 2 unspecified atom stereocenters. The van der Waals surface area contributed by atoms with Crippen molar-refractivity contribution in [2.75, 3.05) is 38.5 Å². The summed E-state index contributed by atoms with van der Waals surface area (Å²) in [6, 6.07) is 6.84. The number of hydrogen-bond donors (Lipinski definition) is 3. The van der Waals surface area contributed by atoms with E-state index in [4.69, 9.17) is 9.47 Å². The molecular formula is C22H23FN6O3. The number of hydrogen-bond acceptors (Lipinski definition) is 7. The third kappa shape index (κ3) is 4.29. The predicted octanol–water partition coefficient (Wildman–Crippen LogP) is 2.36. The Balaban J connectivity index is 1.69. The highest BCUT2D eigenvalue weighted by atomic mass is 19.1. The zero-order valence-corrected chi connectivity index (χ0v) is 17.9. The van der Waals surface area contributed by atoms with Crippen molar-refractivity contribution < 1.29 is 18.7 Å². The lowest BCUT2D eigenvalue weighted by Gasteiger charge is -2.14.